The molecule has 1 aliphatic heterocycles. The number of likely N-dealkylation sites (tertiary alicyclic amines) is 1. The van der Waals surface area contributed by atoms with Crippen molar-refractivity contribution in [2.45, 2.75) is 38.1 Å². The minimum atomic E-state index is -0.802. The highest BCUT2D eigenvalue weighted by molar-refractivity contribution is 5.79. The maximum atomic E-state index is 11.6. The summed E-state index contributed by atoms with van der Waals surface area (Å²) in [4.78, 5) is 24.2. The Morgan fingerprint density at radius 3 is 2.81 bits per heavy atom. The normalized spacial score (nSPS) is 22.3. The monoisotopic (exact) mass is 292 g/mol. The van der Waals surface area contributed by atoms with Crippen LogP contribution in [0, 0.1) is 10.1 Å². The summed E-state index contributed by atoms with van der Waals surface area (Å²) in [6, 6.07) is 6.65. The molecular weight excluding hydrogens is 272 g/mol. The molecule has 0 radical (unpaired) electrons. The maximum Gasteiger partial charge on any atom is 0.324 e. The molecule has 1 saturated heterocycles. The highest BCUT2D eigenvalue weighted by atomic mass is 16.6. The maximum absolute atomic E-state index is 11.6. The predicted octanol–water partition coefficient (Wildman–Crippen LogP) is 2.47. The zero-order valence-electron chi connectivity index (χ0n) is 12.1. The average Bonchev–Trinajstić information content (AvgIpc) is 2.89. The number of rotatable bonds is 6. The molecule has 1 aromatic carbocycles. The van der Waals surface area contributed by atoms with E-state index in [1.807, 2.05) is 11.8 Å². The SMILES string of the molecule is CCC1(C(=O)O)CCCN1CCc1ccccc1[N+](=O)[O-]. The molecule has 114 valence electrons. The first-order valence-corrected chi connectivity index (χ1v) is 7.22. The molecule has 6 nitrogen and oxygen atoms in total. The van der Waals surface area contributed by atoms with Crippen LogP contribution in [0.2, 0.25) is 0 Å². The molecule has 1 aliphatic rings. The third kappa shape index (κ3) is 2.90. The third-order valence-electron chi connectivity index (χ3n) is 4.45. The molecule has 6 heteroatoms. The van der Waals surface area contributed by atoms with Crippen LogP contribution in [-0.4, -0.2) is 39.5 Å². The number of hydrogen-bond acceptors (Lipinski definition) is 4. The minimum Gasteiger partial charge on any atom is -0.480 e. The molecule has 1 heterocycles. The van der Waals surface area contributed by atoms with E-state index in [4.69, 9.17) is 0 Å². The van der Waals surface area contributed by atoms with Crippen LogP contribution in [0.25, 0.3) is 0 Å². The van der Waals surface area contributed by atoms with Crippen molar-refractivity contribution >= 4 is 11.7 Å². The molecule has 1 fully saturated rings. The van der Waals surface area contributed by atoms with Gasteiger partial charge in [-0.2, -0.15) is 0 Å². The van der Waals surface area contributed by atoms with Gasteiger partial charge in [-0.05, 0) is 32.2 Å². The topological polar surface area (TPSA) is 83.7 Å². The van der Waals surface area contributed by atoms with Crippen LogP contribution in [0.15, 0.2) is 24.3 Å². The van der Waals surface area contributed by atoms with Gasteiger partial charge in [0.15, 0.2) is 0 Å². The van der Waals surface area contributed by atoms with Crippen LogP contribution in [0.4, 0.5) is 5.69 Å². The van der Waals surface area contributed by atoms with Crippen molar-refractivity contribution < 1.29 is 14.8 Å². The molecule has 0 aliphatic carbocycles. The zero-order chi connectivity index (χ0) is 15.5. The van der Waals surface area contributed by atoms with Gasteiger partial charge in [-0.3, -0.25) is 19.8 Å². The highest BCUT2D eigenvalue weighted by Crippen LogP contribution is 2.33. The van der Waals surface area contributed by atoms with Gasteiger partial charge in [0.25, 0.3) is 5.69 Å². The van der Waals surface area contributed by atoms with Crippen molar-refractivity contribution in [3.8, 4) is 0 Å². The first kappa shape index (κ1) is 15.4. The fraction of sp³-hybridized carbons (Fsp3) is 0.533. The Kier molecular flexibility index (Phi) is 4.57. The lowest BCUT2D eigenvalue weighted by atomic mass is 9.92. The summed E-state index contributed by atoms with van der Waals surface area (Å²) in [5.74, 6) is -0.787. The summed E-state index contributed by atoms with van der Waals surface area (Å²) in [5, 5.41) is 20.5. The second kappa shape index (κ2) is 6.22. The molecule has 0 aromatic heterocycles. The smallest absolute Gasteiger partial charge is 0.324 e. The third-order valence-corrected chi connectivity index (χ3v) is 4.45. The van der Waals surface area contributed by atoms with Gasteiger partial charge in [-0.1, -0.05) is 25.1 Å². The molecule has 0 saturated carbocycles. The van der Waals surface area contributed by atoms with Gasteiger partial charge in [-0.25, -0.2) is 0 Å². The Hall–Kier alpha value is -1.95. The van der Waals surface area contributed by atoms with Crippen LogP contribution in [-0.2, 0) is 11.2 Å². The van der Waals surface area contributed by atoms with E-state index in [1.165, 1.54) is 6.07 Å². The van der Waals surface area contributed by atoms with Crippen molar-refractivity contribution in [1.29, 1.82) is 0 Å². The molecule has 1 aromatic rings. The standard InChI is InChI=1S/C15H20N2O4/c1-2-15(14(18)19)9-5-10-16(15)11-8-12-6-3-4-7-13(12)17(20)21/h3-4,6-7H,2,5,8-11H2,1H3,(H,18,19). The van der Waals surface area contributed by atoms with Gasteiger partial charge >= 0.3 is 5.97 Å². The first-order chi connectivity index (χ1) is 10.0. The number of nitrogens with zero attached hydrogens (tertiary/aromatic N) is 2. The van der Waals surface area contributed by atoms with Gasteiger partial charge in [-0.15, -0.1) is 0 Å². The van der Waals surface area contributed by atoms with Gasteiger partial charge < -0.3 is 5.11 Å². The molecule has 1 N–H and O–H groups in total. The second-order valence-corrected chi connectivity index (χ2v) is 5.42. The van der Waals surface area contributed by atoms with Crippen molar-refractivity contribution in [2.75, 3.05) is 13.1 Å². The number of carboxylic acids is 1. The van der Waals surface area contributed by atoms with Gasteiger partial charge in [0.1, 0.15) is 5.54 Å². The lowest BCUT2D eigenvalue weighted by Crippen LogP contribution is -2.50. The number of carbonyl (C=O) groups is 1. The Balaban J connectivity index is 2.13. The molecule has 2 rings (SSSR count). The van der Waals surface area contributed by atoms with Crippen LogP contribution in [0.1, 0.15) is 31.7 Å². The van der Waals surface area contributed by atoms with Crippen LogP contribution in [0.5, 0.6) is 0 Å². The van der Waals surface area contributed by atoms with Crippen LogP contribution in [0.3, 0.4) is 0 Å². The van der Waals surface area contributed by atoms with E-state index in [0.717, 1.165) is 13.0 Å². The predicted molar refractivity (Wildman–Crippen MR) is 78.3 cm³/mol. The quantitative estimate of drug-likeness (QED) is 0.643. The van der Waals surface area contributed by atoms with Gasteiger partial charge in [0.05, 0.1) is 4.92 Å². The van der Waals surface area contributed by atoms with Crippen molar-refractivity contribution in [1.82, 2.24) is 4.90 Å². The van der Waals surface area contributed by atoms with Crippen molar-refractivity contribution in [2.24, 2.45) is 0 Å². The van der Waals surface area contributed by atoms with E-state index in [0.29, 0.717) is 31.4 Å². The Morgan fingerprint density at radius 1 is 1.48 bits per heavy atom. The van der Waals surface area contributed by atoms with E-state index in [9.17, 15) is 20.0 Å². The molecule has 0 spiro atoms. The lowest BCUT2D eigenvalue weighted by Gasteiger charge is -2.33. The fourth-order valence-electron chi connectivity index (χ4n) is 3.21. The molecule has 0 amide bonds. The second-order valence-electron chi connectivity index (χ2n) is 5.42. The number of nitro benzene ring substituents is 1. The zero-order valence-corrected chi connectivity index (χ0v) is 12.1. The number of benzene rings is 1. The Labute approximate surface area is 123 Å². The van der Waals surface area contributed by atoms with Gasteiger partial charge in [0, 0.05) is 18.2 Å². The van der Waals surface area contributed by atoms with E-state index in [2.05, 4.69) is 0 Å². The molecule has 21 heavy (non-hydrogen) atoms. The minimum absolute atomic E-state index is 0.106. The number of nitro groups is 1. The summed E-state index contributed by atoms with van der Waals surface area (Å²) in [6.07, 6.45) is 2.55. The summed E-state index contributed by atoms with van der Waals surface area (Å²) in [7, 11) is 0. The number of carboxylic acid groups (broad SMARTS) is 1. The van der Waals surface area contributed by atoms with E-state index in [-0.39, 0.29) is 10.6 Å². The summed E-state index contributed by atoms with van der Waals surface area (Å²) >= 11 is 0. The van der Waals surface area contributed by atoms with E-state index >= 15 is 0 Å². The highest BCUT2D eigenvalue weighted by Gasteiger charge is 2.45. The Morgan fingerprint density at radius 2 is 2.19 bits per heavy atom. The summed E-state index contributed by atoms with van der Waals surface area (Å²) < 4.78 is 0. The molecule has 1 atom stereocenters. The first-order valence-electron chi connectivity index (χ1n) is 7.22. The fourth-order valence-corrected chi connectivity index (χ4v) is 3.21. The van der Waals surface area contributed by atoms with Crippen molar-refractivity contribution in [3.05, 3.63) is 39.9 Å². The van der Waals surface area contributed by atoms with E-state index < -0.39 is 11.5 Å². The van der Waals surface area contributed by atoms with E-state index in [1.54, 1.807) is 18.2 Å². The number of hydrogen-bond donors (Lipinski definition) is 1. The van der Waals surface area contributed by atoms with Gasteiger partial charge in [0.2, 0.25) is 0 Å². The molecule has 0 bridgehead atoms. The van der Waals surface area contributed by atoms with Crippen LogP contribution < -0.4 is 0 Å². The van der Waals surface area contributed by atoms with Crippen LogP contribution >= 0.6 is 0 Å². The number of para-hydroxylation sites is 1. The number of aliphatic carboxylic acids is 1. The lowest BCUT2D eigenvalue weighted by molar-refractivity contribution is -0.385. The molecule has 1 unspecified atom stereocenters. The Bertz CT molecular complexity index is 546. The summed E-state index contributed by atoms with van der Waals surface area (Å²) in [5.41, 5.74) is -0.0391. The average molecular weight is 292 g/mol. The largest absolute Gasteiger partial charge is 0.480 e. The van der Waals surface area contributed by atoms with Crippen molar-refractivity contribution in [3.63, 3.8) is 0 Å². The molecular formula is C15H20N2O4. The summed E-state index contributed by atoms with van der Waals surface area (Å²) in [6.45, 7) is 3.16.